The molecule has 0 atom stereocenters. The molecular formula is C16H26N4O2S. The molecule has 1 aromatic rings. The molecule has 0 bridgehead atoms. The first-order valence-corrected chi connectivity index (χ1v) is 9.02. The van der Waals surface area contributed by atoms with Crippen molar-refractivity contribution in [3.8, 4) is 0 Å². The predicted molar refractivity (Wildman–Crippen MR) is 94.1 cm³/mol. The average Bonchev–Trinajstić information content (AvgIpc) is 3.08. The number of aliphatic imine (C=N–C) groups is 1. The highest BCUT2D eigenvalue weighted by Crippen LogP contribution is 2.11. The van der Waals surface area contributed by atoms with Crippen LogP contribution < -0.4 is 10.6 Å². The maximum absolute atomic E-state index is 11.7. The Morgan fingerprint density at radius 2 is 2.26 bits per heavy atom. The van der Waals surface area contributed by atoms with Gasteiger partial charge in [-0.1, -0.05) is 6.07 Å². The van der Waals surface area contributed by atoms with Gasteiger partial charge in [-0.05, 0) is 37.6 Å². The first-order chi connectivity index (χ1) is 11.2. The molecule has 0 unspecified atom stereocenters. The van der Waals surface area contributed by atoms with E-state index < -0.39 is 0 Å². The van der Waals surface area contributed by atoms with Gasteiger partial charge in [0.15, 0.2) is 5.96 Å². The van der Waals surface area contributed by atoms with Gasteiger partial charge in [-0.2, -0.15) is 0 Å². The van der Waals surface area contributed by atoms with Crippen molar-refractivity contribution in [1.82, 2.24) is 15.5 Å². The Morgan fingerprint density at radius 3 is 2.87 bits per heavy atom. The molecule has 2 N–H and O–H groups in total. The lowest BCUT2D eigenvalue weighted by molar-refractivity contribution is 0.0963. The zero-order chi connectivity index (χ0) is 16.5. The van der Waals surface area contributed by atoms with Crippen molar-refractivity contribution in [2.45, 2.75) is 32.2 Å². The van der Waals surface area contributed by atoms with Gasteiger partial charge >= 0.3 is 6.09 Å². The molecule has 23 heavy (non-hydrogen) atoms. The number of hydrogen-bond acceptors (Lipinski definition) is 4. The molecule has 1 amide bonds. The summed E-state index contributed by atoms with van der Waals surface area (Å²) < 4.78 is 5.04. The number of nitrogens with zero attached hydrogens (tertiary/aromatic N) is 2. The Morgan fingerprint density at radius 1 is 1.48 bits per heavy atom. The molecule has 1 aromatic heterocycles. The number of ether oxygens (including phenoxy) is 1. The molecule has 1 aliphatic rings. The number of carbonyl (C=O) groups excluding carboxylic acids is 1. The van der Waals surface area contributed by atoms with Gasteiger partial charge in [0.1, 0.15) is 0 Å². The first kappa shape index (κ1) is 17.6. The second-order valence-electron chi connectivity index (χ2n) is 5.43. The smallest absolute Gasteiger partial charge is 0.409 e. The highest BCUT2D eigenvalue weighted by Gasteiger charge is 2.23. The third kappa shape index (κ3) is 5.74. The van der Waals surface area contributed by atoms with Crippen LogP contribution in [-0.4, -0.2) is 56.3 Å². The van der Waals surface area contributed by atoms with Crippen LogP contribution in [0.25, 0.3) is 0 Å². The molecule has 6 nitrogen and oxygen atoms in total. The molecule has 0 spiro atoms. The number of amides is 1. The zero-order valence-electron chi connectivity index (χ0n) is 13.9. The summed E-state index contributed by atoms with van der Waals surface area (Å²) in [6, 6.07) is 4.56. The second kappa shape index (κ2) is 9.39. The van der Waals surface area contributed by atoms with E-state index in [-0.39, 0.29) is 6.09 Å². The average molecular weight is 338 g/mol. The lowest BCUT2D eigenvalue weighted by atomic mass is 10.1. The number of guanidine groups is 1. The third-order valence-electron chi connectivity index (χ3n) is 3.83. The van der Waals surface area contributed by atoms with Gasteiger partial charge in [-0.3, -0.25) is 4.99 Å². The van der Waals surface area contributed by atoms with Crippen LogP contribution in [0.15, 0.2) is 22.5 Å². The number of thiophene rings is 1. The standard InChI is InChI=1S/C16H26N4O2S/c1-3-22-16(21)20-10-7-13(8-11-20)19-15(17-2)18-9-6-14-5-4-12-23-14/h4-5,12-13H,3,6-11H2,1-2H3,(H2,17,18,19). The molecule has 0 aliphatic carbocycles. The minimum absolute atomic E-state index is 0.204. The Bertz CT molecular complexity index is 496. The second-order valence-corrected chi connectivity index (χ2v) is 6.47. The number of nitrogens with one attached hydrogen (secondary N) is 2. The SMILES string of the molecule is CCOC(=O)N1CCC(NC(=NC)NCCc2cccs2)CC1. The topological polar surface area (TPSA) is 66.0 Å². The van der Waals surface area contributed by atoms with Crippen LogP contribution in [0.5, 0.6) is 0 Å². The Hall–Kier alpha value is -1.76. The molecule has 1 saturated heterocycles. The van der Waals surface area contributed by atoms with Crippen LogP contribution in [0.4, 0.5) is 4.79 Å². The van der Waals surface area contributed by atoms with Crippen LogP contribution in [-0.2, 0) is 11.2 Å². The number of likely N-dealkylation sites (tertiary alicyclic amines) is 1. The summed E-state index contributed by atoms with van der Waals surface area (Å²) in [7, 11) is 1.79. The monoisotopic (exact) mass is 338 g/mol. The number of rotatable bonds is 5. The van der Waals surface area contributed by atoms with Crippen LogP contribution >= 0.6 is 11.3 Å². The van der Waals surface area contributed by atoms with E-state index in [9.17, 15) is 4.79 Å². The fourth-order valence-electron chi connectivity index (χ4n) is 2.57. The normalized spacial score (nSPS) is 16.3. The molecule has 2 rings (SSSR count). The van der Waals surface area contributed by atoms with Crippen LogP contribution in [0.3, 0.4) is 0 Å². The van der Waals surface area contributed by atoms with E-state index in [1.54, 1.807) is 23.3 Å². The van der Waals surface area contributed by atoms with Crippen LogP contribution in [0.2, 0.25) is 0 Å². The minimum atomic E-state index is -0.204. The van der Waals surface area contributed by atoms with E-state index in [1.807, 2.05) is 6.92 Å². The molecule has 1 aliphatic heterocycles. The highest BCUT2D eigenvalue weighted by molar-refractivity contribution is 7.09. The lowest BCUT2D eigenvalue weighted by Gasteiger charge is -2.32. The summed E-state index contributed by atoms with van der Waals surface area (Å²) in [6.07, 6.45) is 2.61. The van der Waals surface area contributed by atoms with E-state index >= 15 is 0 Å². The zero-order valence-corrected chi connectivity index (χ0v) is 14.7. The van der Waals surface area contributed by atoms with E-state index in [0.717, 1.165) is 44.9 Å². The summed E-state index contributed by atoms with van der Waals surface area (Å²) in [5, 5.41) is 8.89. The van der Waals surface area contributed by atoms with Crippen molar-refractivity contribution in [3.63, 3.8) is 0 Å². The molecule has 0 saturated carbocycles. The Labute approximate surface area is 141 Å². The summed E-state index contributed by atoms with van der Waals surface area (Å²) in [4.78, 5) is 19.1. The number of carbonyl (C=O) groups is 1. The van der Waals surface area contributed by atoms with Gasteiger partial charge in [0.05, 0.1) is 6.61 Å². The molecule has 7 heteroatoms. The molecular weight excluding hydrogens is 312 g/mol. The van der Waals surface area contributed by atoms with Gasteiger partial charge in [-0.15, -0.1) is 11.3 Å². The third-order valence-corrected chi connectivity index (χ3v) is 4.77. The van der Waals surface area contributed by atoms with Crippen molar-refractivity contribution in [2.75, 3.05) is 33.3 Å². The number of hydrogen-bond donors (Lipinski definition) is 2. The fraction of sp³-hybridized carbons (Fsp3) is 0.625. The Kier molecular flexibility index (Phi) is 7.19. The maximum Gasteiger partial charge on any atom is 0.409 e. The highest BCUT2D eigenvalue weighted by atomic mass is 32.1. The van der Waals surface area contributed by atoms with E-state index in [0.29, 0.717) is 12.6 Å². The van der Waals surface area contributed by atoms with Gasteiger partial charge in [0.2, 0.25) is 0 Å². The molecule has 2 heterocycles. The van der Waals surface area contributed by atoms with E-state index in [2.05, 4.69) is 33.1 Å². The summed E-state index contributed by atoms with van der Waals surface area (Å²) in [5.41, 5.74) is 0. The predicted octanol–water partition coefficient (Wildman–Crippen LogP) is 2.08. The fourth-order valence-corrected chi connectivity index (χ4v) is 3.28. The van der Waals surface area contributed by atoms with Gasteiger partial charge in [-0.25, -0.2) is 4.79 Å². The van der Waals surface area contributed by atoms with Gasteiger partial charge < -0.3 is 20.3 Å². The summed E-state index contributed by atoms with van der Waals surface area (Å²) >= 11 is 1.78. The van der Waals surface area contributed by atoms with Crippen molar-refractivity contribution in [1.29, 1.82) is 0 Å². The van der Waals surface area contributed by atoms with E-state index in [1.165, 1.54) is 4.88 Å². The summed E-state index contributed by atoms with van der Waals surface area (Å²) in [6.45, 7) is 4.57. The Balaban J connectivity index is 1.68. The van der Waals surface area contributed by atoms with Crippen molar-refractivity contribution in [3.05, 3.63) is 22.4 Å². The van der Waals surface area contributed by atoms with Gasteiger partial charge in [0.25, 0.3) is 0 Å². The summed E-state index contributed by atoms with van der Waals surface area (Å²) in [5.74, 6) is 0.830. The van der Waals surface area contributed by atoms with E-state index in [4.69, 9.17) is 4.74 Å². The van der Waals surface area contributed by atoms with Crippen molar-refractivity contribution >= 4 is 23.4 Å². The molecule has 0 radical (unpaired) electrons. The quantitative estimate of drug-likeness (QED) is 0.637. The van der Waals surface area contributed by atoms with Crippen LogP contribution in [0.1, 0.15) is 24.6 Å². The van der Waals surface area contributed by atoms with Crippen molar-refractivity contribution in [2.24, 2.45) is 4.99 Å². The lowest BCUT2D eigenvalue weighted by Crippen LogP contribution is -2.50. The largest absolute Gasteiger partial charge is 0.450 e. The van der Waals surface area contributed by atoms with Gasteiger partial charge in [0, 0.05) is 37.6 Å². The molecule has 128 valence electrons. The minimum Gasteiger partial charge on any atom is -0.450 e. The first-order valence-electron chi connectivity index (χ1n) is 8.14. The van der Waals surface area contributed by atoms with Crippen LogP contribution in [0, 0.1) is 0 Å². The molecule has 1 fully saturated rings. The number of piperidine rings is 1. The maximum atomic E-state index is 11.7. The molecule has 0 aromatic carbocycles. The van der Waals surface area contributed by atoms with Crippen molar-refractivity contribution < 1.29 is 9.53 Å².